The van der Waals surface area contributed by atoms with Gasteiger partial charge in [0.2, 0.25) is 0 Å². The molecule has 0 aromatic rings. The molecule has 0 saturated carbocycles. The summed E-state index contributed by atoms with van der Waals surface area (Å²) >= 11 is 0. The molecule has 1 rings (SSSR count). The first kappa shape index (κ1) is 13.4. The maximum absolute atomic E-state index is 9.86. The average molecular weight is 171 g/mol. The molecule has 0 aromatic carbocycles. The van der Waals surface area contributed by atoms with Crippen molar-refractivity contribution in [1.29, 1.82) is 0 Å². The molecule has 0 aliphatic carbocycles. The Morgan fingerprint density at radius 1 is 1.36 bits per heavy atom. The molecule has 1 fully saturated rings. The third-order valence-electron chi connectivity index (χ3n) is 0.967. The second-order valence-corrected chi connectivity index (χ2v) is 1.63. The molecule has 0 unspecified atom stereocenters. The first-order valence-electron chi connectivity index (χ1n) is 2.22. The van der Waals surface area contributed by atoms with Gasteiger partial charge in [0.05, 0.1) is 5.97 Å². The van der Waals surface area contributed by atoms with Crippen LogP contribution in [0, 0.1) is 0 Å². The summed E-state index contributed by atoms with van der Waals surface area (Å²) in [4.78, 5) is 19.6. The Bertz CT molecular complexity index is 154. The van der Waals surface area contributed by atoms with E-state index in [4.69, 9.17) is 5.11 Å². The molecule has 0 bridgehead atoms. The van der Waals surface area contributed by atoms with Crippen molar-refractivity contribution in [1.82, 2.24) is 6.15 Å². The van der Waals surface area contributed by atoms with E-state index in [1.807, 2.05) is 0 Å². The number of aliphatic carboxylic acids is 2. The van der Waals surface area contributed by atoms with Gasteiger partial charge in [-0.15, -0.1) is 0 Å². The Morgan fingerprint density at radius 3 is 1.91 bits per heavy atom. The number of rotatable bonds is 2. The minimum atomic E-state index is -1.47. The fourth-order valence-electron chi connectivity index (χ4n) is 0.479. The summed E-state index contributed by atoms with van der Waals surface area (Å²) < 4.78 is 4.18. The SMILES string of the molecule is N.O=C(O)[C@H]1O[C@H]1C(=O)[O-].[Na+]. The quantitative estimate of drug-likeness (QED) is 0.316. The summed E-state index contributed by atoms with van der Waals surface area (Å²) in [6, 6.07) is 0. The van der Waals surface area contributed by atoms with Gasteiger partial charge in [-0.05, 0) is 0 Å². The average Bonchev–Trinajstić information content (AvgIpc) is 2.39. The molecule has 0 amide bonds. The Hall–Kier alpha value is -0.140. The van der Waals surface area contributed by atoms with Gasteiger partial charge in [-0.25, -0.2) is 4.79 Å². The van der Waals surface area contributed by atoms with Crippen LogP contribution in [0.25, 0.3) is 0 Å². The second kappa shape index (κ2) is 4.68. The van der Waals surface area contributed by atoms with Crippen LogP contribution in [-0.4, -0.2) is 29.3 Å². The first-order valence-corrected chi connectivity index (χ1v) is 2.22. The normalized spacial score (nSPS) is 25.8. The van der Waals surface area contributed by atoms with E-state index in [0.717, 1.165) is 0 Å². The number of carboxylic acids is 2. The van der Waals surface area contributed by atoms with Crippen LogP contribution in [0.1, 0.15) is 0 Å². The molecule has 7 heteroatoms. The third kappa shape index (κ3) is 3.17. The van der Waals surface area contributed by atoms with E-state index >= 15 is 0 Å². The Kier molecular flexibility index (Phi) is 5.72. The maximum atomic E-state index is 9.86. The summed E-state index contributed by atoms with van der Waals surface area (Å²) in [5, 5.41) is 17.8. The first-order chi connectivity index (χ1) is 4.13. The number of hydrogen-bond acceptors (Lipinski definition) is 5. The van der Waals surface area contributed by atoms with Gasteiger partial charge in [0.1, 0.15) is 6.10 Å². The summed E-state index contributed by atoms with van der Waals surface area (Å²) in [7, 11) is 0. The standard InChI is InChI=1S/C4H4O5.H3N.Na/c5-3(6)1-2(9-1)4(7)8;;/h1-2H,(H,5,6)(H,7,8);1H3;/q;;+1/p-1/t1-,2+;;. The molecule has 1 aliphatic heterocycles. The van der Waals surface area contributed by atoms with Crippen LogP contribution in [0.5, 0.6) is 0 Å². The van der Waals surface area contributed by atoms with E-state index < -0.39 is 24.1 Å². The van der Waals surface area contributed by atoms with E-state index in [9.17, 15) is 14.7 Å². The summed E-state index contributed by atoms with van der Waals surface area (Å²) in [5.41, 5.74) is 0. The van der Waals surface area contributed by atoms with E-state index in [1.54, 1.807) is 0 Å². The number of carboxylic acid groups (broad SMARTS) is 2. The van der Waals surface area contributed by atoms with Crippen molar-refractivity contribution >= 4 is 11.9 Å². The topological polar surface area (TPSA) is 125 Å². The van der Waals surface area contributed by atoms with Crippen LogP contribution >= 0.6 is 0 Å². The van der Waals surface area contributed by atoms with Crippen LogP contribution in [0.2, 0.25) is 0 Å². The molecular formula is C4H6NNaO5. The van der Waals surface area contributed by atoms with Crippen molar-refractivity contribution in [2.75, 3.05) is 0 Å². The number of epoxide rings is 1. The predicted molar refractivity (Wildman–Crippen MR) is 26.3 cm³/mol. The monoisotopic (exact) mass is 171 g/mol. The van der Waals surface area contributed by atoms with Crippen molar-refractivity contribution in [2.24, 2.45) is 0 Å². The molecule has 1 aliphatic rings. The molecule has 6 nitrogen and oxygen atoms in total. The minimum absolute atomic E-state index is 0. The molecule has 58 valence electrons. The van der Waals surface area contributed by atoms with E-state index in [2.05, 4.69) is 4.74 Å². The number of ether oxygens (including phenoxy) is 1. The largest absolute Gasteiger partial charge is 1.00 e. The van der Waals surface area contributed by atoms with Crippen LogP contribution in [0.4, 0.5) is 0 Å². The Balaban J connectivity index is 0. The molecule has 2 atom stereocenters. The van der Waals surface area contributed by atoms with Gasteiger partial charge >= 0.3 is 35.5 Å². The Labute approximate surface area is 84.4 Å². The predicted octanol–water partition coefficient (Wildman–Crippen LogP) is -5.25. The van der Waals surface area contributed by atoms with E-state index in [0.29, 0.717) is 0 Å². The number of carbonyl (C=O) groups excluding carboxylic acids is 1. The van der Waals surface area contributed by atoms with Gasteiger partial charge < -0.3 is 25.9 Å². The minimum Gasteiger partial charge on any atom is -0.547 e. The van der Waals surface area contributed by atoms with Crippen molar-refractivity contribution in [3.63, 3.8) is 0 Å². The molecule has 0 radical (unpaired) electrons. The molecule has 0 aromatic heterocycles. The fraction of sp³-hybridized carbons (Fsp3) is 0.500. The van der Waals surface area contributed by atoms with Gasteiger partial charge in [-0.3, -0.25) is 0 Å². The van der Waals surface area contributed by atoms with Crippen LogP contribution < -0.4 is 40.8 Å². The number of hydrogen-bond donors (Lipinski definition) is 2. The van der Waals surface area contributed by atoms with Gasteiger partial charge in [0.25, 0.3) is 0 Å². The smallest absolute Gasteiger partial charge is 0.547 e. The van der Waals surface area contributed by atoms with Crippen molar-refractivity contribution in [2.45, 2.75) is 12.2 Å². The zero-order valence-electron chi connectivity index (χ0n) is 5.94. The van der Waals surface area contributed by atoms with Gasteiger partial charge in [0, 0.05) is 0 Å². The Morgan fingerprint density at radius 2 is 1.82 bits per heavy atom. The van der Waals surface area contributed by atoms with Crippen molar-refractivity contribution in [3.8, 4) is 0 Å². The van der Waals surface area contributed by atoms with E-state index in [-0.39, 0.29) is 35.7 Å². The molecule has 0 spiro atoms. The maximum Gasteiger partial charge on any atom is 1.00 e. The third-order valence-corrected chi connectivity index (χ3v) is 0.967. The molecule has 1 saturated heterocycles. The fourth-order valence-corrected chi connectivity index (χ4v) is 0.479. The van der Waals surface area contributed by atoms with Crippen LogP contribution in [-0.2, 0) is 14.3 Å². The summed E-state index contributed by atoms with van der Waals surface area (Å²) in [5.74, 6) is -2.73. The summed E-state index contributed by atoms with van der Waals surface area (Å²) in [6.45, 7) is 0. The van der Waals surface area contributed by atoms with Gasteiger partial charge in [-0.2, -0.15) is 0 Å². The second-order valence-electron chi connectivity index (χ2n) is 1.63. The molecular weight excluding hydrogens is 165 g/mol. The number of carbonyl (C=O) groups is 2. The van der Waals surface area contributed by atoms with Crippen molar-refractivity contribution in [3.05, 3.63) is 0 Å². The zero-order chi connectivity index (χ0) is 7.02. The van der Waals surface area contributed by atoms with Crippen molar-refractivity contribution < 1.29 is 54.1 Å². The van der Waals surface area contributed by atoms with Crippen LogP contribution in [0.15, 0.2) is 0 Å². The zero-order valence-corrected chi connectivity index (χ0v) is 7.94. The molecule has 4 N–H and O–H groups in total. The molecule has 1 heterocycles. The van der Waals surface area contributed by atoms with Gasteiger partial charge in [0.15, 0.2) is 6.10 Å². The van der Waals surface area contributed by atoms with Crippen LogP contribution in [0.3, 0.4) is 0 Å². The summed E-state index contributed by atoms with van der Waals surface area (Å²) in [6.07, 6.45) is -2.42. The molecule has 11 heavy (non-hydrogen) atoms. The van der Waals surface area contributed by atoms with Gasteiger partial charge in [-0.1, -0.05) is 0 Å². The van der Waals surface area contributed by atoms with E-state index in [1.165, 1.54) is 0 Å².